The van der Waals surface area contributed by atoms with Gasteiger partial charge < -0.3 is 10.6 Å². The van der Waals surface area contributed by atoms with Gasteiger partial charge in [0.15, 0.2) is 5.65 Å². The van der Waals surface area contributed by atoms with E-state index in [0.29, 0.717) is 12.1 Å². The molecular weight excluding hydrogens is 385 g/mol. The lowest BCUT2D eigenvalue weighted by Crippen LogP contribution is -2.32. The molecule has 8 heteroatoms. The van der Waals surface area contributed by atoms with Crippen molar-refractivity contribution in [2.75, 3.05) is 19.6 Å². The number of aryl methyl sites for hydroxylation is 1. The Bertz CT molecular complexity index is 766. The molecule has 2 aromatic rings. The van der Waals surface area contributed by atoms with Crippen molar-refractivity contribution < 1.29 is 4.79 Å². The van der Waals surface area contributed by atoms with Crippen molar-refractivity contribution >= 4 is 41.8 Å². The number of fused-ring (bicyclic) bond motifs is 1. The predicted octanol–water partition coefficient (Wildman–Crippen LogP) is 3.80. The largest absolute Gasteiger partial charge is 0.351 e. The summed E-state index contributed by atoms with van der Waals surface area (Å²) in [5.74, 6) is 0.171. The molecule has 27 heavy (non-hydrogen) atoms. The highest BCUT2D eigenvalue weighted by Crippen LogP contribution is 2.28. The molecule has 0 aliphatic carbocycles. The topological polar surface area (TPSA) is 71.8 Å². The van der Waals surface area contributed by atoms with Crippen LogP contribution in [0.25, 0.3) is 11.0 Å². The molecule has 2 rings (SSSR count). The van der Waals surface area contributed by atoms with Gasteiger partial charge in [-0.25, -0.2) is 9.67 Å². The van der Waals surface area contributed by atoms with Crippen LogP contribution in [0.3, 0.4) is 0 Å². The maximum Gasteiger partial charge on any atom is 0.252 e. The first-order chi connectivity index (χ1) is 11.7. The molecular formula is C19H33Cl2N5O. The monoisotopic (exact) mass is 417 g/mol. The molecule has 2 N–H and O–H groups in total. The number of nitrogens with one attached hydrogen (secondary N) is 2. The van der Waals surface area contributed by atoms with Crippen molar-refractivity contribution in [2.24, 2.45) is 0 Å². The summed E-state index contributed by atoms with van der Waals surface area (Å²) in [7, 11) is 0. The fourth-order valence-electron chi connectivity index (χ4n) is 2.79. The number of amides is 1. The van der Waals surface area contributed by atoms with Crippen LogP contribution in [0.1, 0.15) is 69.2 Å². The molecule has 0 saturated heterocycles. The Morgan fingerprint density at radius 2 is 1.85 bits per heavy atom. The Balaban J connectivity index is 0.00000338. The van der Waals surface area contributed by atoms with Crippen LogP contribution in [0, 0.1) is 6.92 Å². The first-order valence-electron chi connectivity index (χ1n) is 9.06. The average molecular weight is 418 g/mol. The summed E-state index contributed by atoms with van der Waals surface area (Å²) in [6, 6.07) is 1.91. The van der Waals surface area contributed by atoms with E-state index in [1.54, 1.807) is 0 Å². The average Bonchev–Trinajstić information content (AvgIpc) is 2.88. The summed E-state index contributed by atoms with van der Waals surface area (Å²) < 4.78 is 1.93. The van der Waals surface area contributed by atoms with Crippen molar-refractivity contribution in [3.05, 3.63) is 23.0 Å². The molecule has 0 fully saturated rings. The van der Waals surface area contributed by atoms with Crippen LogP contribution in [-0.2, 0) is 5.54 Å². The van der Waals surface area contributed by atoms with E-state index in [9.17, 15) is 4.79 Å². The van der Waals surface area contributed by atoms with Crippen LogP contribution in [0.5, 0.6) is 0 Å². The third kappa shape index (κ3) is 5.80. The number of hydrogen-bond acceptors (Lipinski definition) is 4. The van der Waals surface area contributed by atoms with E-state index >= 15 is 0 Å². The van der Waals surface area contributed by atoms with E-state index in [2.05, 4.69) is 50.4 Å². The van der Waals surface area contributed by atoms with E-state index in [0.717, 1.165) is 35.5 Å². The summed E-state index contributed by atoms with van der Waals surface area (Å²) in [5, 5.41) is 11.7. The molecule has 1 amide bonds. The third-order valence-corrected chi connectivity index (χ3v) is 4.14. The van der Waals surface area contributed by atoms with Gasteiger partial charge in [-0.3, -0.25) is 4.79 Å². The van der Waals surface area contributed by atoms with E-state index in [1.165, 1.54) is 0 Å². The van der Waals surface area contributed by atoms with Crippen LogP contribution >= 0.6 is 24.8 Å². The van der Waals surface area contributed by atoms with Gasteiger partial charge in [0.2, 0.25) is 0 Å². The predicted molar refractivity (Wildman–Crippen MR) is 117 cm³/mol. The molecule has 2 aromatic heterocycles. The zero-order chi connectivity index (χ0) is 18.8. The maximum atomic E-state index is 12.8. The molecule has 0 saturated carbocycles. The van der Waals surface area contributed by atoms with Gasteiger partial charge in [-0.1, -0.05) is 20.8 Å². The SMILES string of the molecule is CCNCCNC(=O)c1cc(C(C)C)nc2c1c(C)nn2C(C)(C)C.Cl.Cl. The van der Waals surface area contributed by atoms with Crippen molar-refractivity contribution in [1.29, 1.82) is 0 Å². The molecule has 0 atom stereocenters. The van der Waals surface area contributed by atoms with E-state index in [-0.39, 0.29) is 42.2 Å². The number of carbonyl (C=O) groups is 1. The van der Waals surface area contributed by atoms with Crippen molar-refractivity contribution in [3.63, 3.8) is 0 Å². The second kappa shape index (κ2) is 10.2. The number of nitrogens with zero attached hydrogens (tertiary/aromatic N) is 3. The van der Waals surface area contributed by atoms with E-state index in [1.807, 2.05) is 24.6 Å². The fourth-order valence-corrected chi connectivity index (χ4v) is 2.79. The first kappa shape index (κ1) is 25.6. The van der Waals surface area contributed by atoms with E-state index < -0.39 is 0 Å². The lowest BCUT2D eigenvalue weighted by Gasteiger charge is -2.20. The molecule has 0 spiro atoms. The lowest BCUT2D eigenvalue weighted by molar-refractivity contribution is 0.0955. The Hall–Kier alpha value is -1.37. The van der Waals surface area contributed by atoms with Crippen molar-refractivity contribution in [2.45, 2.75) is 59.9 Å². The van der Waals surface area contributed by atoms with Gasteiger partial charge in [-0.2, -0.15) is 5.10 Å². The number of likely N-dealkylation sites (N-methyl/N-ethyl adjacent to an activating group) is 1. The van der Waals surface area contributed by atoms with Gasteiger partial charge >= 0.3 is 0 Å². The van der Waals surface area contributed by atoms with Gasteiger partial charge in [-0.05, 0) is 46.2 Å². The molecule has 0 unspecified atom stereocenters. The molecule has 154 valence electrons. The van der Waals surface area contributed by atoms with Crippen molar-refractivity contribution in [3.8, 4) is 0 Å². The molecule has 0 bridgehead atoms. The summed E-state index contributed by atoms with van der Waals surface area (Å²) >= 11 is 0. The third-order valence-electron chi connectivity index (χ3n) is 4.14. The molecule has 0 aliphatic rings. The Morgan fingerprint density at radius 1 is 1.22 bits per heavy atom. The zero-order valence-corrected chi connectivity index (χ0v) is 19.0. The highest BCUT2D eigenvalue weighted by molar-refractivity contribution is 6.06. The number of pyridine rings is 1. The highest BCUT2D eigenvalue weighted by Gasteiger charge is 2.25. The normalized spacial score (nSPS) is 11.3. The smallest absolute Gasteiger partial charge is 0.252 e. The van der Waals surface area contributed by atoms with Crippen LogP contribution in [0.15, 0.2) is 6.07 Å². The standard InChI is InChI=1S/C19H31N5O.2ClH/c1-8-20-9-10-21-18(25)14-11-15(12(2)3)22-17-16(14)13(4)23-24(17)19(5,6)7;;/h11-12,20H,8-10H2,1-7H3,(H,21,25);2*1H. The number of carbonyl (C=O) groups excluding carboxylic acids is 1. The molecule has 2 heterocycles. The Kier molecular flexibility index (Phi) is 9.73. The van der Waals surface area contributed by atoms with Gasteiger partial charge in [0.05, 0.1) is 22.2 Å². The first-order valence-corrected chi connectivity index (χ1v) is 9.06. The number of halogens is 2. The molecule has 0 radical (unpaired) electrons. The number of aromatic nitrogens is 3. The van der Waals surface area contributed by atoms with E-state index in [4.69, 9.17) is 4.98 Å². The molecule has 6 nitrogen and oxygen atoms in total. The van der Waals surface area contributed by atoms with Crippen LogP contribution in [-0.4, -0.2) is 40.3 Å². The Morgan fingerprint density at radius 3 is 2.37 bits per heavy atom. The minimum Gasteiger partial charge on any atom is -0.351 e. The Labute approximate surface area is 174 Å². The van der Waals surface area contributed by atoms with Crippen LogP contribution < -0.4 is 10.6 Å². The van der Waals surface area contributed by atoms with Gasteiger partial charge in [-0.15, -0.1) is 24.8 Å². The second-order valence-corrected chi connectivity index (χ2v) is 7.73. The van der Waals surface area contributed by atoms with Gasteiger partial charge in [0, 0.05) is 18.8 Å². The van der Waals surface area contributed by atoms with Gasteiger partial charge in [0.1, 0.15) is 0 Å². The quantitative estimate of drug-likeness (QED) is 0.700. The maximum absolute atomic E-state index is 12.8. The summed E-state index contributed by atoms with van der Waals surface area (Å²) in [5.41, 5.74) is 3.00. The number of hydrogen-bond donors (Lipinski definition) is 2. The molecule has 0 aromatic carbocycles. The summed E-state index contributed by atoms with van der Waals surface area (Å²) in [4.78, 5) is 17.6. The minimum absolute atomic E-state index is 0. The summed E-state index contributed by atoms with van der Waals surface area (Å²) in [6.45, 7) is 16.7. The van der Waals surface area contributed by atoms with Crippen LogP contribution in [0.4, 0.5) is 0 Å². The minimum atomic E-state index is -0.200. The van der Waals surface area contributed by atoms with Crippen molar-refractivity contribution in [1.82, 2.24) is 25.4 Å². The fraction of sp³-hybridized carbons (Fsp3) is 0.632. The zero-order valence-electron chi connectivity index (χ0n) is 17.3. The molecule has 0 aliphatic heterocycles. The number of rotatable bonds is 6. The highest BCUT2D eigenvalue weighted by atomic mass is 35.5. The van der Waals surface area contributed by atoms with Gasteiger partial charge in [0.25, 0.3) is 5.91 Å². The lowest BCUT2D eigenvalue weighted by atomic mass is 10.0. The summed E-state index contributed by atoms with van der Waals surface area (Å²) in [6.07, 6.45) is 0. The second-order valence-electron chi connectivity index (χ2n) is 7.73. The van der Waals surface area contributed by atoms with Crippen LogP contribution in [0.2, 0.25) is 0 Å².